The Balaban J connectivity index is 2.74. The molecular weight excluding hydrogens is 152 g/mol. The van der Waals surface area contributed by atoms with Crippen molar-refractivity contribution in [2.24, 2.45) is 10.8 Å². The highest BCUT2D eigenvalue weighted by Crippen LogP contribution is 2.45. The molecule has 1 saturated carbocycles. The number of hydrogen-bond acceptors (Lipinski definition) is 1. The molecule has 1 fully saturated rings. The van der Waals surface area contributed by atoms with Crippen LogP contribution < -0.4 is 0 Å². The van der Waals surface area contributed by atoms with E-state index in [-0.39, 0.29) is 5.41 Å². The van der Waals surface area contributed by atoms with Gasteiger partial charge in [-0.1, -0.05) is 20.3 Å². The molecule has 0 aliphatic heterocycles. The Morgan fingerprint density at radius 1 is 1.25 bits per heavy atom. The topological polar surface area (TPSA) is 37.3 Å². The van der Waals surface area contributed by atoms with Crippen LogP contribution >= 0.6 is 0 Å². The van der Waals surface area contributed by atoms with E-state index < -0.39 is 11.4 Å². The summed E-state index contributed by atoms with van der Waals surface area (Å²) in [7, 11) is 0. The van der Waals surface area contributed by atoms with Gasteiger partial charge in [0.05, 0.1) is 5.41 Å². The van der Waals surface area contributed by atoms with Crippen molar-refractivity contribution in [3.63, 3.8) is 0 Å². The maximum atomic E-state index is 11.0. The number of carboxylic acids is 1. The number of rotatable bonds is 1. The van der Waals surface area contributed by atoms with Crippen LogP contribution in [0.1, 0.15) is 46.5 Å². The maximum absolute atomic E-state index is 11.0. The molecule has 12 heavy (non-hydrogen) atoms. The third-order valence-corrected chi connectivity index (χ3v) is 2.97. The fraction of sp³-hybridized carbons (Fsp3) is 0.900. The molecule has 0 bridgehead atoms. The Hall–Kier alpha value is -0.530. The molecule has 1 rings (SSSR count). The van der Waals surface area contributed by atoms with Crippen molar-refractivity contribution >= 4 is 5.97 Å². The second-order valence-electron chi connectivity index (χ2n) is 5.06. The van der Waals surface area contributed by atoms with Crippen LogP contribution in [0.25, 0.3) is 0 Å². The summed E-state index contributed by atoms with van der Waals surface area (Å²) in [6, 6.07) is 0. The zero-order valence-corrected chi connectivity index (χ0v) is 8.18. The van der Waals surface area contributed by atoms with E-state index in [1.165, 1.54) is 0 Å². The fourth-order valence-electron chi connectivity index (χ4n) is 2.37. The molecular formula is C10H18O2. The lowest BCUT2D eigenvalue weighted by Gasteiger charge is -2.39. The van der Waals surface area contributed by atoms with Gasteiger partial charge in [0.25, 0.3) is 0 Å². The van der Waals surface area contributed by atoms with Gasteiger partial charge in [-0.05, 0) is 31.6 Å². The van der Waals surface area contributed by atoms with Gasteiger partial charge in [-0.25, -0.2) is 0 Å². The molecule has 2 nitrogen and oxygen atoms in total. The van der Waals surface area contributed by atoms with Gasteiger partial charge in [0, 0.05) is 0 Å². The standard InChI is InChI=1S/C10H18O2/c1-9(2)5-4-6-10(3,7-9)8(11)12/h4-7H2,1-3H3,(H,11,12). The lowest BCUT2D eigenvalue weighted by atomic mass is 9.64. The van der Waals surface area contributed by atoms with Gasteiger partial charge in [0.2, 0.25) is 0 Å². The molecule has 0 radical (unpaired) electrons. The second-order valence-corrected chi connectivity index (χ2v) is 5.06. The van der Waals surface area contributed by atoms with E-state index in [0.717, 1.165) is 25.7 Å². The predicted octanol–water partition coefficient (Wildman–Crippen LogP) is 2.68. The van der Waals surface area contributed by atoms with Gasteiger partial charge in [-0.15, -0.1) is 0 Å². The van der Waals surface area contributed by atoms with Crippen molar-refractivity contribution in [3.05, 3.63) is 0 Å². The van der Waals surface area contributed by atoms with Gasteiger partial charge in [-0.2, -0.15) is 0 Å². The lowest BCUT2D eigenvalue weighted by Crippen LogP contribution is -2.36. The molecule has 0 heterocycles. The molecule has 0 aromatic heterocycles. The van der Waals surface area contributed by atoms with E-state index in [1.54, 1.807) is 0 Å². The minimum absolute atomic E-state index is 0.214. The summed E-state index contributed by atoms with van der Waals surface area (Å²) < 4.78 is 0. The average Bonchev–Trinajstić information content (AvgIpc) is 1.83. The Kier molecular flexibility index (Phi) is 2.19. The summed E-state index contributed by atoms with van der Waals surface area (Å²) in [6.07, 6.45) is 3.87. The molecule has 0 amide bonds. The van der Waals surface area contributed by atoms with Gasteiger partial charge in [-0.3, -0.25) is 4.79 Å². The SMILES string of the molecule is CC1(C)CCCC(C)(C(=O)O)C1. The van der Waals surface area contributed by atoms with Crippen molar-refractivity contribution in [3.8, 4) is 0 Å². The van der Waals surface area contributed by atoms with Crippen LogP contribution in [0.4, 0.5) is 0 Å². The Morgan fingerprint density at radius 2 is 1.83 bits per heavy atom. The number of hydrogen-bond donors (Lipinski definition) is 1. The normalized spacial score (nSPS) is 34.6. The number of carbonyl (C=O) groups is 1. The number of aliphatic carboxylic acids is 1. The minimum atomic E-state index is -0.629. The lowest BCUT2D eigenvalue weighted by molar-refractivity contribution is -0.152. The van der Waals surface area contributed by atoms with Gasteiger partial charge in [0.1, 0.15) is 0 Å². The van der Waals surface area contributed by atoms with E-state index >= 15 is 0 Å². The van der Waals surface area contributed by atoms with E-state index in [4.69, 9.17) is 5.11 Å². The molecule has 1 N–H and O–H groups in total. The summed E-state index contributed by atoms with van der Waals surface area (Å²) in [5.41, 5.74) is -0.257. The summed E-state index contributed by atoms with van der Waals surface area (Å²) in [5, 5.41) is 9.03. The van der Waals surface area contributed by atoms with E-state index in [9.17, 15) is 4.79 Å². The minimum Gasteiger partial charge on any atom is -0.481 e. The van der Waals surface area contributed by atoms with Crippen LogP contribution in [0.5, 0.6) is 0 Å². The average molecular weight is 170 g/mol. The van der Waals surface area contributed by atoms with E-state index in [2.05, 4.69) is 13.8 Å². The highest BCUT2D eigenvalue weighted by molar-refractivity contribution is 5.74. The van der Waals surface area contributed by atoms with Gasteiger partial charge >= 0.3 is 5.97 Å². The highest BCUT2D eigenvalue weighted by atomic mass is 16.4. The molecule has 1 atom stereocenters. The summed E-state index contributed by atoms with van der Waals surface area (Å²) in [5.74, 6) is -0.629. The van der Waals surface area contributed by atoms with Crippen molar-refractivity contribution in [1.82, 2.24) is 0 Å². The van der Waals surface area contributed by atoms with Crippen LogP contribution in [-0.4, -0.2) is 11.1 Å². The molecule has 1 aliphatic carbocycles. The molecule has 1 aliphatic rings. The van der Waals surface area contributed by atoms with E-state index in [1.807, 2.05) is 6.92 Å². The van der Waals surface area contributed by atoms with Crippen molar-refractivity contribution in [2.75, 3.05) is 0 Å². The quantitative estimate of drug-likeness (QED) is 0.657. The zero-order chi connectivity index (χ0) is 9.41. The van der Waals surface area contributed by atoms with Gasteiger partial charge < -0.3 is 5.11 Å². The zero-order valence-electron chi connectivity index (χ0n) is 8.18. The molecule has 0 saturated heterocycles. The third kappa shape index (κ3) is 1.79. The van der Waals surface area contributed by atoms with Crippen molar-refractivity contribution in [2.45, 2.75) is 46.5 Å². The molecule has 0 spiro atoms. The first-order valence-electron chi connectivity index (χ1n) is 4.59. The van der Waals surface area contributed by atoms with Crippen LogP contribution in [0.15, 0.2) is 0 Å². The monoisotopic (exact) mass is 170 g/mol. The smallest absolute Gasteiger partial charge is 0.309 e. The summed E-state index contributed by atoms with van der Waals surface area (Å²) in [6.45, 7) is 6.19. The third-order valence-electron chi connectivity index (χ3n) is 2.97. The first-order valence-corrected chi connectivity index (χ1v) is 4.59. The summed E-state index contributed by atoms with van der Waals surface area (Å²) >= 11 is 0. The fourth-order valence-corrected chi connectivity index (χ4v) is 2.37. The first-order chi connectivity index (χ1) is 5.36. The van der Waals surface area contributed by atoms with Gasteiger partial charge in [0.15, 0.2) is 0 Å². The molecule has 70 valence electrons. The second kappa shape index (κ2) is 2.75. The molecule has 2 heteroatoms. The molecule has 1 unspecified atom stereocenters. The van der Waals surface area contributed by atoms with Crippen molar-refractivity contribution < 1.29 is 9.90 Å². The van der Waals surface area contributed by atoms with Crippen LogP contribution in [0.2, 0.25) is 0 Å². The largest absolute Gasteiger partial charge is 0.481 e. The maximum Gasteiger partial charge on any atom is 0.309 e. The summed E-state index contributed by atoms with van der Waals surface area (Å²) in [4.78, 5) is 11.0. The van der Waals surface area contributed by atoms with E-state index in [0.29, 0.717) is 0 Å². The first kappa shape index (κ1) is 9.56. The molecule has 0 aromatic carbocycles. The Morgan fingerprint density at radius 3 is 2.17 bits per heavy atom. The molecule has 0 aromatic rings. The van der Waals surface area contributed by atoms with Crippen molar-refractivity contribution in [1.29, 1.82) is 0 Å². The highest BCUT2D eigenvalue weighted by Gasteiger charge is 2.41. The van der Waals surface area contributed by atoms with Crippen LogP contribution in [-0.2, 0) is 4.79 Å². The predicted molar refractivity (Wildman–Crippen MR) is 48.0 cm³/mol. The van der Waals surface area contributed by atoms with Crippen LogP contribution in [0.3, 0.4) is 0 Å². The number of carboxylic acid groups (broad SMARTS) is 1. The Bertz CT molecular complexity index is 196. The van der Waals surface area contributed by atoms with Crippen LogP contribution in [0, 0.1) is 10.8 Å². The Labute approximate surface area is 74.0 Å².